The Hall–Kier alpha value is -2.56. The molecule has 0 aliphatic rings. The fraction of sp³-hybridized carbons (Fsp3) is 0. The molecule has 0 saturated heterocycles. The molecule has 5 heteroatoms. The first-order chi connectivity index (χ1) is 9.08. The van der Waals surface area contributed by atoms with Crippen molar-refractivity contribution in [3.05, 3.63) is 65.2 Å². The van der Waals surface area contributed by atoms with Crippen molar-refractivity contribution in [2.75, 3.05) is 0 Å². The van der Waals surface area contributed by atoms with Gasteiger partial charge in [0.25, 0.3) is 0 Å². The van der Waals surface area contributed by atoms with Gasteiger partial charge in [-0.25, -0.2) is 13.6 Å². The van der Waals surface area contributed by atoms with Crippen molar-refractivity contribution < 1.29 is 18.7 Å². The van der Waals surface area contributed by atoms with Gasteiger partial charge in [-0.2, -0.15) is 0 Å². The minimum absolute atomic E-state index is 0.109. The molecule has 0 fully saturated rings. The second-order valence-corrected chi connectivity index (χ2v) is 3.76. The van der Waals surface area contributed by atoms with Crippen LogP contribution in [-0.4, -0.2) is 17.3 Å². The standard InChI is InChI=1S/C14H9F2NO2/c15-11-2-1-3-12(13(11)16)17-8-9-4-6-10(7-5-9)14(18)19/h1-8H,(H,18,19)/b17-8+. The maximum atomic E-state index is 13.3. The summed E-state index contributed by atoms with van der Waals surface area (Å²) >= 11 is 0. The van der Waals surface area contributed by atoms with E-state index in [0.29, 0.717) is 5.56 Å². The molecule has 0 heterocycles. The van der Waals surface area contributed by atoms with Gasteiger partial charge in [0.15, 0.2) is 11.6 Å². The highest BCUT2D eigenvalue weighted by molar-refractivity contribution is 5.89. The summed E-state index contributed by atoms with van der Waals surface area (Å²) < 4.78 is 26.2. The van der Waals surface area contributed by atoms with E-state index in [9.17, 15) is 13.6 Å². The molecule has 2 aromatic rings. The van der Waals surface area contributed by atoms with Crippen molar-refractivity contribution in [1.82, 2.24) is 0 Å². The maximum absolute atomic E-state index is 13.3. The van der Waals surface area contributed by atoms with E-state index in [-0.39, 0.29) is 11.3 Å². The Labute approximate surface area is 107 Å². The van der Waals surface area contributed by atoms with Crippen LogP contribution < -0.4 is 0 Å². The normalized spacial score (nSPS) is 10.8. The Kier molecular flexibility index (Phi) is 3.66. The van der Waals surface area contributed by atoms with Crippen LogP contribution in [0.5, 0.6) is 0 Å². The van der Waals surface area contributed by atoms with E-state index in [2.05, 4.69) is 4.99 Å². The van der Waals surface area contributed by atoms with E-state index in [1.54, 1.807) is 0 Å². The van der Waals surface area contributed by atoms with Crippen LogP contribution in [0.4, 0.5) is 14.5 Å². The molecule has 1 N–H and O–H groups in total. The van der Waals surface area contributed by atoms with Crippen LogP contribution in [0.2, 0.25) is 0 Å². The van der Waals surface area contributed by atoms with Crippen LogP contribution in [0.3, 0.4) is 0 Å². The number of carboxylic acids is 1. The highest BCUT2D eigenvalue weighted by Gasteiger charge is 2.05. The summed E-state index contributed by atoms with van der Waals surface area (Å²) in [6, 6.07) is 9.60. The average molecular weight is 261 g/mol. The smallest absolute Gasteiger partial charge is 0.335 e. The molecule has 0 aromatic heterocycles. The average Bonchev–Trinajstić information content (AvgIpc) is 2.41. The van der Waals surface area contributed by atoms with Gasteiger partial charge in [-0.3, -0.25) is 4.99 Å². The lowest BCUT2D eigenvalue weighted by atomic mass is 10.1. The largest absolute Gasteiger partial charge is 0.478 e. The summed E-state index contributed by atoms with van der Waals surface area (Å²) in [6.45, 7) is 0. The molecular formula is C14H9F2NO2. The Bertz CT molecular complexity index is 636. The van der Waals surface area contributed by atoms with Gasteiger partial charge in [-0.15, -0.1) is 0 Å². The molecule has 2 aromatic carbocycles. The molecule has 0 saturated carbocycles. The predicted molar refractivity (Wildman–Crippen MR) is 67.0 cm³/mol. The number of nitrogens with zero attached hydrogens (tertiary/aromatic N) is 1. The Morgan fingerprint density at radius 2 is 1.79 bits per heavy atom. The SMILES string of the molecule is O=C(O)c1ccc(/C=N/c2cccc(F)c2F)cc1. The Morgan fingerprint density at radius 1 is 1.11 bits per heavy atom. The molecule has 0 radical (unpaired) electrons. The molecule has 0 spiro atoms. The number of carbonyl (C=O) groups is 1. The number of aliphatic imine (C=N–C) groups is 1. The van der Waals surface area contributed by atoms with Crippen molar-refractivity contribution in [1.29, 1.82) is 0 Å². The molecule has 19 heavy (non-hydrogen) atoms. The predicted octanol–water partition coefficient (Wildman–Crippen LogP) is 3.41. The van der Waals surface area contributed by atoms with Crippen LogP contribution >= 0.6 is 0 Å². The fourth-order valence-electron chi connectivity index (χ4n) is 1.45. The summed E-state index contributed by atoms with van der Waals surface area (Å²) in [5.41, 5.74) is 0.630. The molecule has 0 aliphatic heterocycles. The zero-order valence-electron chi connectivity index (χ0n) is 9.68. The Morgan fingerprint density at radius 3 is 2.42 bits per heavy atom. The first-order valence-corrected chi connectivity index (χ1v) is 5.39. The number of aromatic carboxylic acids is 1. The first kappa shape index (κ1) is 12.9. The number of hydrogen-bond donors (Lipinski definition) is 1. The highest BCUT2D eigenvalue weighted by Crippen LogP contribution is 2.19. The van der Waals surface area contributed by atoms with Gasteiger partial charge < -0.3 is 5.11 Å². The summed E-state index contributed by atoms with van der Waals surface area (Å²) in [4.78, 5) is 14.5. The number of rotatable bonds is 3. The Balaban J connectivity index is 2.23. The van der Waals surface area contributed by atoms with Crippen molar-refractivity contribution in [2.45, 2.75) is 0 Å². The minimum Gasteiger partial charge on any atom is -0.478 e. The topological polar surface area (TPSA) is 49.7 Å². The van der Waals surface area contributed by atoms with Crippen LogP contribution in [-0.2, 0) is 0 Å². The molecule has 0 atom stereocenters. The molecule has 0 unspecified atom stereocenters. The molecular weight excluding hydrogens is 252 g/mol. The van der Waals surface area contributed by atoms with E-state index >= 15 is 0 Å². The molecule has 3 nitrogen and oxygen atoms in total. The van der Waals surface area contributed by atoms with E-state index in [0.717, 1.165) is 6.07 Å². The van der Waals surface area contributed by atoms with Gasteiger partial charge in [0.2, 0.25) is 0 Å². The lowest BCUT2D eigenvalue weighted by Crippen LogP contribution is -1.95. The van der Waals surface area contributed by atoms with Gasteiger partial charge in [0.1, 0.15) is 5.69 Å². The molecule has 96 valence electrons. The van der Waals surface area contributed by atoms with E-state index < -0.39 is 17.6 Å². The first-order valence-electron chi connectivity index (χ1n) is 5.39. The number of halogens is 2. The third kappa shape index (κ3) is 3.01. The highest BCUT2D eigenvalue weighted by atomic mass is 19.2. The number of hydrogen-bond acceptors (Lipinski definition) is 2. The zero-order chi connectivity index (χ0) is 13.8. The van der Waals surface area contributed by atoms with Crippen LogP contribution in [0.25, 0.3) is 0 Å². The number of benzene rings is 2. The van der Waals surface area contributed by atoms with Crippen LogP contribution in [0, 0.1) is 11.6 Å². The summed E-state index contributed by atoms with van der Waals surface area (Å²) in [5.74, 6) is -3.00. The van der Waals surface area contributed by atoms with Crippen molar-refractivity contribution >= 4 is 17.9 Å². The fourth-order valence-corrected chi connectivity index (χ4v) is 1.45. The lowest BCUT2D eigenvalue weighted by molar-refractivity contribution is 0.0697. The molecule has 0 bridgehead atoms. The lowest BCUT2D eigenvalue weighted by Gasteiger charge is -1.98. The van der Waals surface area contributed by atoms with Crippen LogP contribution in [0.1, 0.15) is 15.9 Å². The molecule has 2 rings (SSSR count). The molecule has 0 aliphatic carbocycles. The zero-order valence-corrected chi connectivity index (χ0v) is 9.68. The quantitative estimate of drug-likeness (QED) is 0.861. The summed E-state index contributed by atoms with van der Waals surface area (Å²) in [7, 11) is 0. The van der Waals surface area contributed by atoms with Gasteiger partial charge in [-0.1, -0.05) is 18.2 Å². The van der Waals surface area contributed by atoms with Crippen molar-refractivity contribution in [2.24, 2.45) is 4.99 Å². The summed E-state index contributed by atoms with van der Waals surface area (Å²) in [5, 5.41) is 8.73. The van der Waals surface area contributed by atoms with E-state index in [1.165, 1.54) is 42.6 Å². The van der Waals surface area contributed by atoms with Gasteiger partial charge in [0, 0.05) is 6.21 Å². The second kappa shape index (κ2) is 5.39. The summed E-state index contributed by atoms with van der Waals surface area (Å²) in [6.07, 6.45) is 1.34. The van der Waals surface area contributed by atoms with Crippen LogP contribution in [0.15, 0.2) is 47.5 Å². The monoisotopic (exact) mass is 261 g/mol. The van der Waals surface area contributed by atoms with E-state index in [1.807, 2.05) is 0 Å². The number of carboxylic acid groups (broad SMARTS) is 1. The van der Waals surface area contributed by atoms with Gasteiger partial charge in [0.05, 0.1) is 5.56 Å². The van der Waals surface area contributed by atoms with E-state index in [4.69, 9.17) is 5.11 Å². The van der Waals surface area contributed by atoms with Crippen molar-refractivity contribution in [3.8, 4) is 0 Å². The van der Waals surface area contributed by atoms with Gasteiger partial charge >= 0.3 is 5.97 Å². The molecule has 0 amide bonds. The third-order valence-electron chi connectivity index (χ3n) is 2.44. The van der Waals surface area contributed by atoms with Gasteiger partial charge in [-0.05, 0) is 29.8 Å². The van der Waals surface area contributed by atoms with Crippen molar-refractivity contribution in [3.63, 3.8) is 0 Å². The second-order valence-electron chi connectivity index (χ2n) is 3.76. The minimum atomic E-state index is -1.03. The maximum Gasteiger partial charge on any atom is 0.335 e. The third-order valence-corrected chi connectivity index (χ3v) is 2.44.